The summed E-state index contributed by atoms with van der Waals surface area (Å²) in [7, 11) is 0. The van der Waals surface area contributed by atoms with Crippen LogP contribution in [0.1, 0.15) is 63.0 Å². The van der Waals surface area contributed by atoms with Crippen LogP contribution in [0, 0.1) is 5.92 Å². The van der Waals surface area contributed by atoms with E-state index >= 15 is 0 Å². The van der Waals surface area contributed by atoms with Gasteiger partial charge in [0.15, 0.2) is 0 Å². The van der Waals surface area contributed by atoms with Crippen molar-refractivity contribution in [3.8, 4) is 11.5 Å². The van der Waals surface area contributed by atoms with Crippen LogP contribution >= 0.6 is 0 Å². The van der Waals surface area contributed by atoms with Crippen LogP contribution < -0.4 is 0 Å². The van der Waals surface area contributed by atoms with E-state index in [9.17, 15) is 15.0 Å². The van der Waals surface area contributed by atoms with E-state index in [2.05, 4.69) is 19.6 Å². The summed E-state index contributed by atoms with van der Waals surface area (Å²) in [6, 6.07) is 3.40. The lowest BCUT2D eigenvalue weighted by atomic mass is 9.73. The van der Waals surface area contributed by atoms with Gasteiger partial charge in [0.05, 0.1) is 0 Å². The van der Waals surface area contributed by atoms with Crippen LogP contribution in [0.3, 0.4) is 0 Å². The monoisotopic (exact) mass is 344 g/mol. The molecule has 1 aromatic rings. The smallest absolute Gasteiger partial charge is 0.303 e. The Morgan fingerprint density at radius 1 is 1.24 bits per heavy atom. The van der Waals surface area contributed by atoms with Crippen LogP contribution in [0.2, 0.25) is 0 Å². The Morgan fingerprint density at radius 2 is 1.88 bits per heavy atom. The molecule has 0 saturated carbocycles. The lowest BCUT2D eigenvalue weighted by molar-refractivity contribution is -0.137. The quantitative estimate of drug-likeness (QED) is 0.485. The van der Waals surface area contributed by atoms with Crippen molar-refractivity contribution in [2.75, 3.05) is 0 Å². The van der Waals surface area contributed by atoms with Gasteiger partial charge in [0.25, 0.3) is 0 Å². The molecule has 0 amide bonds. The van der Waals surface area contributed by atoms with Crippen LogP contribution in [0.5, 0.6) is 11.5 Å². The second kappa shape index (κ2) is 8.24. The predicted octanol–water partition coefficient (Wildman–Crippen LogP) is 4.91. The van der Waals surface area contributed by atoms with Crippen molar-refractivity contribution in [3.63, 3.8) is 0 Å². The Balaban J connectivity index is 2.22. The maximum absolute atomic E-state index is 10.6. The number of phenols is 2. The zero-order valence-electron chi connectivity index (χ0n) is 15.1. The molecule has 0 spiro atoms. The lowest BCUT2D eigenvalue weighted by Gasteiger charge is -2.31. The zero-order valence-corrected chi connectivity index (χ0v) is 15.1. The molecule has 2 atom stereocenters. The van der Waals surface area contributed by atoms with E-state index in [4.69, 9.17) is 5.11 Å². The number of benzene rings is 1. The summed E-state index contributed by atoms with van der Waals surface area (Å²) in [5, 5.41) is 29.8. The van der Waals surface area contributed by atoms with Gasteiger partial charge in [0.1, 0.15) is 11.5 Å². The maximum Gasteiger partial charge on any atom is 0.303 e. The number of hydrogen-bond donors (Lipinski definition) is 3. The number of aliphatic carboxylic acids is 1. The van der Waals surface area contributed by atoms with Gasteiger partial charge in [-0.25, -0.2) is 0 Å². The molecular formula is C21H28O4. The van der Waals surface area contributed by atoms with Crippen LogP contribution in [0.15, 0.2) is 35.9 Å². The Morgan fingerprint density at radius 3 is 2.44 bits per heavy atom. The number of allylic oxidation sites excluding steroid dienone is 3. The normalized spacial score (nSPS) is 20.2. The van der Waals surface area contributed by atoms with Crippen LogP contribution in [-0.2, 0) is 11.2 Å². The van der Waals surface area contributed by atoms with Crippen LogP contribution in [0.4, 0.5) is 0 Å². The fourth-order valence-electron chi connectivity index (χ4n) is 3.68. The average molecular weight is 344 g/mol. The molecule has 25 heavy (non-hydrogen) atoms. The molecule has 0 radical (unpaired) electrons. The molecule has 4 heteroatoms. The predicted molar refractivity (Wildman–Crippen MR) is 99.0 cm³/mol. The molecular weight excluding hydrogens is 316 g/mol. The molecule has 0 unspecified atom stereocenters. The first-order valence-corrected chi connectivity index (χ1v) is 8.88. The molecule has 0 aromatic heterocycles. The highest BCUT2D eigenvalue weighted by molar-refractivity contribution is 5.66. The second-order valence-corrected chi connectivity index (χ2v) is 7.18. The van der Waals surface area contributed by atoms with E-state index in [-0.39, 0.29) is 29.8 Å². The van der Waals surface area contributed by atoms with E-state index in [0.717, 1.165) is 24.0 Å². The average Bonchev–Trinajstić information content (AvgIpc) is 2.50. The summed E-state index contributed by atoms with van der Waals surface area (Å²) in [6.45, 7) is 8.15. The Labute approximate surface area is 149 Å². The minimum absolute atomic E-state index is 0.0627. The summed E-state index contributed by atoms with van der Waals surface area (Å²) in [6.07, 6.45) is 6.18. The number of carbonyl (C=O) groups is 1. The van der Waals surface area contributed by atoms with Crippen LogP contribution in [-0.4, -0.2) is 21.3 Å². The first-order valence-electron chi connectivity index (χ1n) is 8.88. The molecule has 0 saturated heterocycles. The number of carboxylic acids is 1. The molecule has 2 rings (SSSR count). The highest BCUT2D eigenvalue weighted by Gasteiger charge is 2.30. The van der Waals surface area contributed by atoms with E-state index in [1.54, 1.807) is 12.1 Å². The highest BCUT2D eigenvalue weighted by Crippen LogP contribution is 2.46. The lowest BCUT2D eigenvalue weighted by Crippen LogP contribution is -2.17. The van der Waals surface area contributed by atoms with Crippen LogP contribution in [0.25, 0.3) is 0 Å². The number of phenolic OH excluding ortho intramolecular Hbond substituents is 2. The number of rotatable bonds is 7. The Kier molecular flexibility index (Phi) is 6.29. The standard InChI is InChI=1S/C21H28O4/c1-13(2)16-9-8-14(3)10-17(16)21-18(22)11-15(12-19(21)23)6-4-5-7-20(24)25/h10-12,16-17,22-23H,1,4-9H2,2-3H3,(H,24,25)/t16-,17+/m0/s1. The third-order valence-corrected chi connectivity index (χ3v) is 5.02. The third kappa shape index (κ3) is 4.88. The SMILES string of the molecule is C=C(C)[C@@H]1CCC(C)=C[C@H]1c1c(O)cc(CCCCC(=O)O)cc1O. The van der Waals surface area contributed by atoms with Gasteiger partial charge < -0.3 is 15.3 Å². The number of hydrogen-bond acceptors (Lipinski definition) is 3. The highest BCUT2D eigenvalue weighted by atomic mass is 16.4. The first-order chi connectivity index (χ1) is 11.8. The Hall–Kier alpha value is -2.23. The van der Waals surface area contributed by atoms with Gasteiger partial charge >= 0.3 is 5.97 Å². The van der Waals surface area contributed by atoms with Crippen molar-refractivity contribution in [3.05, 3.63) is 47.1 Å². The third-order valence-electron chi connectivity index (χ3n) is 5.02. The van der Waals surface area contributed by atoms with E-state index in [0.29, 0.717) is 24.8 Å². The fourth-order valence-corrected chi connectivity index (χ4v) is 3.68. The Bertz CT molecular complexity index is 664. The summed E-state index contributed by atoms with van der Waals surface area (Å²) in [5.74, 6) is -0.438. The van der Waals surface area contributed by atoms with E-state index < -0.39 is 5.97 Å². The van der Waals surface area contributed by atoms with Crippen molar-refractivity contribution in [2.24, 2.45) is 5.92 Å². The number of unbranched alkanes of at least 4 members (excludes halogenated alkanes) is 1. The number of aryl methyl sites for hydroxylation is 1. The largest absolute Gasteiger partial charge is 0.507 e. The molecule has 1 aromatic carbocycles. The molecule has 0 heterocycles. The van der Waals surface area contributed by atoms with Crippen molar-refractivity contribution in [2.45, 2.75) is 58.3 Å². The molecule has 0 aliphatic heterocycles. The molecule has 1 aliphatic carbocycles. The number of aromatic hydroxyl groups is 2. The maximum atomic E-state index is 10.6. The molecule has 4 nitrogen and oxygen atoms in total. The van der Waals surface area contributed by atoms with Gasteiger partial charge in [0, 0.05) is 17.9 Å². The van der Waals surface area contributed by atoms with Gasteiger partial charge in [-0.3, -0.25) is 4.79 Å². The minimum Gasteiger partial charge on any atom is -0.507 e. The van der Waals surface area contributed by atoms with Crippen molar-refractivity contribution >= 4 is 5.97 Å². The molecule has 1 aliphatic rings. The zero-order chi connectivity index (χ0) is 18.6. The second-order valence-electron chi connectivity index (χ2n) is 7.18. The van der Waals surface area contributed by atoms with Gasteiger partial charge in [0.2, 0.25) is 0 Å². The summed E-state index contributed by atoms with van der Waals surface area (Å²) in [4.78, 5) is 10.6. The van der Waals surface area contributed by atoms with Crippen molar-refractivity contribution in [1.29, 1.82) is 0 Å². The van der Waals surface area contributed by atoms with Crippen molar-refractivity contribution < 1.29 is 20.1 Å². The van der Waals surface area contributed by atoms with Crippen molar-refractivity contribution in [1.82, 2.24) is 0 Å². The fraction of sp³-hybridized carbons (Fsp3) is 0.476. The molecule has 0 bridgehead atoms. The van der Waals surface area contributed by atoms with Gasteiger partial charge in [-0.2, -0.15) is 0 Å². The molecule has 136 valence electrons. The van der Waals surface area contributed by atoms with E-state index in [1.807, 2.05) is 6.92 Å². The molecule has 0 fully saturated rings. The van der Waals surface area contributed by atoms with Gasteiger partial charge in [-0.15, -0.1) is 0 Å². The topological polar surface area (TPSA) is 77.8 Å². The summed E-state index contributed by atoms with van der Waals surface area (Å²) < 4.78 is 0. The molecule has 3 N–H and O–H groups in total. The summed E-state index contributed by atoms with van der Waals surface area (Å²) in [5.41, 5.74) is 3.72. The van der Waals surface area contributed by atoms with E-state index in [1.165, 1.54) is 5.57 Å². The van der Waals surface area contributed by atoms with Gasteiger partial charge in [-0.1, -0.05) is 23.8 Å². The minimum atomic E-state index is -0.800. The first kappa shape index (κ1) is 19.1. The van der Waals surface area contributed by atoms with Gasteiger partial charge in [-0.05, 0) is 69.6 Å². The number of carboxylic acid groups (broad SMARTS) is 1. The summed E-state index contributed by atoms with van der Waals surface area (Å²) >= 11 is 0.